The average molecular weight is 225 g/mol. The molecule has 90 valence electrons. The van der Waals surface area contributed by atoms with Crippen molar-refractivity contribution >= 4 is 0 Å². The molecule has 16 heavy (non-hydrogen) atoms. The van der Waals surface area contributed by atoms with Crippen LogP contribution in [0.25, 0.3) is 0 Å². The summed E-state index contributed by atoms with van der Waals surface area (Å²) in [5.41, 5.74) is 0.589. The fourth-order valence-electron chi connectivity index (χ4n) is 1.37. The van der Waals surface area contributed by atoms with E-state index in [9.17, 15) is 10.2 Å². The van der Waals surface area contributed by atoms with Gasteiger partial charge >= 0.3 is 0 Å². The molecule has 0 heterocycles. The summed E-state index contributed by atoms with van der Waals surface area (Å²) in [6.45, 7) is 5.45. The molecule has 0 spiro atoms. The van der Waals surface area contributed by atoms with Gasteiger partial charge in [-0.2, -0.15) is 0 Å². The molecule has 1 unspecified atom stereocenters. The molecule has 0 aromatic heterocycles. The topological polar surface area (TPSA) is 72.7 Å². The lowest BCUT2D eigenvalue weighted by atomic mass is 10.1. The molecule has 1 atom stereocenters. The number of benzene rings is 1. The van der Waals surface area contributed by atoms with Crippen molar-refractivity contribution in [2.75, 3.05) is 13.1 Å². The predicted molar refractivity (Wildman–Crippen MR) is 62.4 cm³/mol. The second-order valence-electron chi connectivity index (χ2n) is 4.32. The maximum Gasteiger partial charge on any atom is 0.157 e. The van der Waals surface area contributed by atoms with Crippen LogP contribution in [0.2, 0.25) is 0 Å². The monoisotopic (exact) mass is 225 g/mol. The Bertz CT molecular complexity index is 339. The summed E-state index contributed by atoms with van der Waals surface area (Å²) in [5.74, 6) is 0.145. The molecule has 0 fully saturated rings. The number of aromatic hydroxyl groups is 2. The number of aliphatic hydroxyl groups excluding tert-OH is 1. The van der Waals surface area contributed by atoms with Gasteiger partial charge in [-0.15, -0.1) is 0 Å². The summed E-state index contributed by atoms with van der Waals surface area (Å²) >= 11 is 0. The van der Waals surface area contributed by atoms with Crippen molar-refractivity contribution in [3.63, 3.8) is 0 Å². The van der Waals surface area contributed by atoms with E-state index in [2.05, 4.69) is 19.2 Å². The number of hydrogen-bond donors (Lipinski definition) is 4. The van der Waals surface area contributed by atoms with Gasteiger partial charge in [0.25, 0.3) is 0 Å². The molecule has 0 saturated carbocycles. The van der Waals surface area contributed by atoms with E-state index in [1.807, 2.05) is 0 Å². The van der Waals surface area contributed by atoms with Crippen LogP contribution in [0, 0.1) is 5.92 Å². The SMILES string of the molecule is CC(C)CNCC(O)c1ccc(O)c(O)c1. The highest BCUT2D eigenvalue weighted by Gasteiger charge is 2.09. The van der Waals surface area contributed by atoms with Crippen molar-refractivity contribution in [3.8, 4) is 11.5 Å². The number of phenolic OH excluding ortho intramolecular Hbond substituents is 2. The number of hydrogen-bond acceptors (Lipinski definition) is 4. The summed E-state index contributed by atoms with van der Waals surface area (Å²) in [6.07, 6.45) is -0.676. The van der Waals surface area contributed by atoms with Gasteiger partial charge in [0, 0.05) is 6.54 Å². The van der Waals surface area contributed by atoms with Crippen LogP contribution >= 0.6 is 0 Å². The standard InChI is InChI=1S/C12H19NO3/c1-8(2)6-13-7-12(16)9-3-4-10(14)11(15)5-9/h3-5,8,12-16H,6-7H2,1-2H3. The lowest BCUT2D eigenvalue weighted by Crippen LogP contribution is -2.25. The smallest absolute Gasteiger partial charge is 0.157 e. The zero-order valence-corrected chi connectivity index (χ0v) is 9.64. The van der Waals surface area contributed by atoms with E-state index < -0.39 is 6.10 Å². The Labute approximate surface area is 95.6 Å². The normalized spacial score (nSPS) is 13.0. The molecule has 0 aliphatic heterocycles. The molecule has 0 saturated heterocycles. The Hall–Kier alpha value is -1.26. The number of rotatable bonds is 5. The fraction of sp³-hybridized carbons (Fsp3) is 0.500. The summed E-state index contributed by atoms with van der Waals surface area (Å²) in [7, 11) is 0. The van der Waals surface area contributed by atoms with Crippen molar-refractivity contribution in [2.24, 2.45) is 5.92 Å². The highest BCUT2D eigenvalue weighted by Crippen LogP contribution is 2.27. The number of nitrogens with one attached hydrogen (secondary N) is 1. The lowest BCUT2D eigenvalue weighted by molar-refractivity contribution is 0.173. The molecule has 4 N–H and O–H groups in total. The van der Waals surface area contributed by atoms with Gasteiger partial charge in [-0.05, 0) is 30.2 Å². The quantitative estimate of drug-likeness (QED) is 0.571. The van der Waals surface area contributed by atoms with E-state index in [1.165, 1.54) is 12.1 Å². The molecule has 4 heteroatoms. The van der Waals surface area contributed by atoms with Gasteiger partial charge in [-0.25, -0.2) is 0 Å². The van der Waals surface area contributed by atoms with Crippen molar-refractivity contribution in [2.45, 2.75) is 20.0 Å². The van der Waals surface area contributed by atoms with E-state index in [-0.39, 0.29) is 11.5 Å². The Morgan fingerprint density at radius 2 is 1.81 bits per heavy atom. The predicted octanol–water partition coefficient (Wildman–Crippen LogP) is 1.38. The van der Waals surface area contributed by atoms with Crippen LogP contribution < -0.4 is 5.32 Å². The van der Waals surface area contributed by atoms with Gasteiger partial charge < -0.3 is 20.6 Å². The molecule has 0 amide bonds. The molecular formula is C12H19NO3. The first-order valence-corrected chi connectivity index (χ1v) is 5.41. The minimum Gasteiger partial charge on any atom is -0.504 e. The van der Waals surface area contributed by atoms with Crippen LogP contribution in [0.5, 0.6) is 11.5 Å². The maximum absolute atomic E-state index is 9.79. The van der Waals surface area contributed by atoms with Crippen molar-refractivity contribution in [1.82, 2.24) is 5.32 Å². The molecule has 1 rings (SSSR count). The minimum absolute atomic E-state index is 0.175. The van der Waals surface area contributed by atoms with Crippen LogP contribution in [0.4, 0.5) is 0 Å². The Morgan fingerprint density at radius 1 is 1.12 bits per heavy atom. The highest BCUT2D eigenvalue weighted by molar-refractivity contribution is 5.41. The summed E-state index contributed by atoms with van der Waals surface area (Å²) in [6, 6.07) is 4.34. The average Bonchev–Trinajstić information content (AvgIpc) is 2.21. The molecule has 1 aromatic rings. The van der Waals surface area contributed by atoms with Crippen LogP contribution in [-0.4, -0.2) is 28.4 Å². The molecule has 4 nitrogen and oxygen atoms in total. The molecule has 0 aliphatic carbocycles. The van der Waals surface area contributed by atoms with Crippen LogP contribution in [-0.2, 0) is 0 Å². The highest BCUT2D eigenvalue weighted by atomic mass is 16.3. The number of phenols is 2. The molecule has 0 aliphatic rings. The van der Waals surface area contributed by atoms with Crippen LogP contribution in [0.1, 0.15) is 25.5 Å². The second-order valence-corrected chi connectivity index (χ2v) is 4.32. The first-order chi connectivity index (χ1) is 7.50. The van der Waals surface area contributed by atoms with Gasteiger partial charge in [-0.3, -0.25) is 0 Å². The summed E-state index contributed by atoms with van der Waals surface area (Å²) < 4.78 is 0. The van der Waals surface area contributed by atoms with Crippen molar-refractivity contribution in [3.05, 3.63) is 23.8 Å². The Balaban J connectivity index is 2.52. The van der Waals surface area contributed by atoms with E-state index in [0.29, 0.717) is 18.0 Å². The Morgan fingerprint density at radius 3 is 2.38 bits per heavy atom. The summed E-state index contributed by atoms with van der Waals surface area (Å²) in [5, 5.41) is 31.3. The molecular weight excluding hydrogens is 206 g/mol. The van der Waals surface area contributed by atoms with Gasteiger partial charge in [0.1, 0.15) is 0 Å². The zero-order valence-electron chi connectivity index (χ0n) is 9.64. The fourth-order valence-corrected chi connectivity index (χ4v) is 1.37. The number of aliphatic hydroxyl groups is 1. The first-order valence-electron chi connectivity index (χ1n) is 5.41. The van der Waals surface area contributed by atoms with Gasteiger partial charge in [0.05, 0.1) is 6.10 Å². The molecule has 0 bridgehead atoms. The van der Waals surface area contributed by atoms with Crippen LogP contribution in [0.15, 0.2) is 18.2 Å². The van der Waals surface area contributed by atoms with Gasteiger partial charge in [-0.1, -0.05) is 19.9 Å². The third-order valence-corrected chi connectivity index (χ3v) is 2.27. The van der Waals surface area contributed by atoms with Gasteiger partial charge in [0.15, 0.2) is 11.5 Å². The molecule has 0 radical (unpaired) electrons. The first kappa shape index (κ1) is 12.8. The van der Waals surface area contributed by atoms with E-state index in [0.717, 1.165) is 6.54 Å². The zero-order chi connectivity index (χ0) is 12.1. The lowest BCUT2D eigenvalue weighted by Gasteiger charge is -2.14. The largest absolute Gasteiger partial charge is 0.504 e. The van der Waals surface area contributed by atoms with Crippen molar-refractivity contribution in [1.29, 1.82) is 0 Å². The van der Waals surface area contributed by atoms with Crippen molar-refractivity contribution < 1.29 is 15.3 Å². The third-order valence-electron chi connectivity index (χ3n) is 2.27. The van der Waals surface area contributed by atoms with E-state index in [4.69, 9.17) is 5.11 Å². The van der Waals surface area contributed by atoms with Crippen LogP contribution in [0.3, 0.4) is 0 Å². The maximum atomic E-state index is 9.79. The van der Waals surface area contributed by atoms with Gasteiger partial charge in [0.2, 0.25) is 0 Å². The summed E-state index contributed by atoms with van der Waals surface area (Å²) in [4.78, 5) is 0. The Kier molecular flexibility index (Phi) is 4.58. The second kappa shape index (κ2) is 5.72. The van der Waals surface area contributed by atoms with E-state index >= 15 is 0 Å². The third kappa shape index (κ3) is 3.72. The minimum atomic E-state index is -0.676. The van der Waals surface area contributed by atoms with E-state index in [1.54, 1.807) is 6.07 Å². The molecule has 1 aromatic carbocycles.